The van der Waals surface area contributed by atoms with E-state index in [1.54, 1.807) is 6.07 Å². The molecule has 0 unspecified atom stereocenters. The maximum Gasteiger partial charge on any atom is 0.273 e. The quantitative estimate of drug-likeness (QED) is 0.261. The van der Waals surface area contributed by atoms with Crippen LogP contribution in [0.4, 0.5) is 11.4 Å². The molecule has 0 N–H and O–H groups in total. The van der Waals surface area contributed by atoms with Crippen molar-refractivity contribution < 1.29 is 19.2 Å². The number of nitro groups is 1. The van der Waals surface area contributed by atoms with Crippen LogP contribution in [0.3, 0.4) is 0 Å². The van der Waals surface area contributed by atoms with Crippen molar-refractivity contribution in [1.82, 2.24) is 4.98 Å². The second-order valence-corrected chi connectivity index (χ2v) is 7.07. The van der Waals surface area contributed by atoms with Crippen LogP contribution in [0.25, 0.3) is 22.6 Å². The normalized spacial score (nSPS) is 11.3. The van der Waals surface area contributed by atoms with Gasteiger partial charge >= 0.3 is 0 Å². The van der Waals surface area contributed by atoms with Crippen LogP contribution in [0.5, 0.6) is 11.5 Å². The zero-order valence-electron chi connectivity index (χ0n) is 17.1. The molecule has 0 bridgehead atoms. The fraction of sp³-hybridized carbons (Fsp3) is 0.130. The van der Waals surface area contributed by atoms with Gasteiger partial charge in [0.2, 0.25) is 5.89 Å². The summed E-state index contributed by atoms with van der Waals surface area (Å²) in [6.07, 6.45) is 1.31. The van der Waals surface area contributed by atoms with Crippen molar-refractivity contribution in [3.63, 3.8) is 0 Å². The number of rotatable bonds is 5. The van der Waals surface area contributed by atoms with Crippen molar-refractivity contribution in [1.29, 1.82) is 0 Å². The Morgan fingerprint density at radius 1 is 1.13 bits per heavy atom. The van der Waals surface area contributed by atoms with Crippen LogP contribution in [-0.2, 0) is 0 Å². The molecule has 8 nitrogen and oxygen atoms in total. The zero-order chi connectivity index (χ0) is 22.1. The Labute approximate surface area is 177 Å². The molecular formula is C23H18N3O5-. The first-order valence-electron chi connectivity index (χ1n) is 9.41. The van der Waals surface area contributed by atoms with E-state index in [9.17, 15) is 15.2 Å². The van der Waals surface area contributed by atoms with Gasteiger partial charge in [-0.1, -0.05) is 11.8 Å². The number of nitro benzene ring substituents is 1. The summed E-state index contributed by atoms with van der Waals surface area (Å²) in [5, 5.41) is 23.5. The van der Waals surface area contributed by atoms with Gasteiger partial charge in [0.1, 0.15) is 11.3 Å². The predicted molar refractivity (Wildman–Crippen MR) is 115 cm³/mol. The molecule has 1 aromatic heterocycles. The highest BCUT2D eigenvalue weighted by Crippen LogP contribution is 2.33. The Balaban J connectivity index is 1.66. The van der Waals surface area contributed by atoms with Crippen molar-refractivity contribution in [2.24, 2.45) is 4.99 Å². The number of nitrogens with zero attached hydrogens (tertiary/aromatic N) is 3. The minimum Gasteiger partial charge on any atom is -0.870 e. The maximum absolute atomic E-state index is 12.4. The molecule has 8 heteroatoms. The first-order valence-corrected chi connectivity index (χ1v) is 9.41. The van der Waals surface area contributed by atoms with Crippen LogP contribution < -0.4 is 9.84 Å². The minimum absolute atomic E-state index is 0.0730. The van der Waals surface area contributed by atoms with E-state index in [0.29, 0.717) is 17.2 Å². The molecule has 3 aromatic carbocycles. The van der Waals surface area contributed by atoms with Gasteiger partial charge in [-0.2, -0.15) is 0 Å². The fourth-order valence-electron chi connectivity index (χ4n) is 3.19. The Bertz CT molecular complexity index is 1340. The van der Waals surface area contributed by atoms with Gasteiger partial charge in [-0.15, -0.1) is 0 Å². The highest BCUT2D eigenvalue weighted by atomic mass is 16.6. The van der Waals surface area contributed by atoms with Crippen LogP contribution in [0.1, 0.15) is 16.7 Å². The van der Waals surface area contributed by atoms with E-state index >= 15 is 0 Å². The van der Waals surface area contributed by atoms with Crippen molar-refractivity contribution in [2.45, 2.75) is 13.8 Å². The molecule has 0 aliphatic carbocycles. The highest BCUT2D eigenvalue weighted by molar-refractivity contribution is 5.88. The number of aromatic nitrogens is 1. The van der Waals surface area contributed by atoms with Crippen molar-refractivity contribution in [2.75, 3.05) is 7.11 Å². The van der Waals surface area contributed by atoms with E-state index in [-0.39, 0.29) is 17.0 Å². The minimum atomic E-state index is -0.582. The number of aryl methyl sites for hydroxylation is 2. The molecule has 156 valence electrons. The molecule has 0 saturated heterocycles. The van der Waals surface area contributed by atoms with Crippen LogP contribution in [-0.4, -0.2) is 23.2 Å². The number of fused-ring (bicyclic) bond motifs is 1. The number of benzene rings is 3. The monoisotopic (exact) mass is 416 g/mol. The van der Waals surface area contributed by atoms with Crippen LogP contribution in [0, 0.1) is 24.0 Å². The predicted octanol–water partition coefficient (Wildman–Crippen LogP) is 4.85. The molecule has 0 atom stereocenters. The summed E-state index contributed by atoms with van der Waals surface area (Å²) in [7, 11) is 1.29. The molecule has 0 aliphatic heterocycles. The van der Waals surface area contributed by atoms with Crippen LogP contribution in [0.2, 0.25) is 0 Å². The molecule has 31 heavy (non-hydrogen) atoms. The molecule has 0 aliphatic rings. The maximum atomic E-state index is 12.4. The molecule has 1 heterocycles. The highest BCUT2D eigenvalue weighted by Gasteiger charge is 2.12. The lowest BCUT2D eigenvalue weighted by Crippen LogP contribution is -2.02. The summed E-state index contributed by atoms with van der Waals surface area (Å²) in [5.74, 6) is -0.0636. The van der Waals surface area contributed by atoms with Crippen LogP contribution in [0.15, 0.2) is 57.9 Å². The third kappa shape index (κ3) is 3.95. The van der Waals surface area contributed by atoms with Crippen molar-refractivity contribution >= 4 is 28.7 Å². The van der Waals surface area contributed by atoms with E-state index in [2.05, 4.69) is 9.98 Å². The first-order chi connectivity index (χ1) is 14.9. The van der Waals surface area contributed by atoms with E-state index in [1.165, 1.54) is 19.4 Å². The first kappa shape index (κ1) is 20.1. The standard InChI is InChI=1S/C23H19N3O5/c1-13-4-7-20-19(8-13)25-23(31-20)15-5-6-18(14(2)9-15)24-12-16-10-17(26(28)29)11-21(30-3)22(16)27/h4-12,27H,1-3H3/p-1. The van der Waals surface area contributed by atoms with Gasteiger partial charge in [0.15, 0.2) is 5.58 Å². The van der Waals surface area contributed by atoms with E-state index in [4.69, 9.17) is 9.15 Å². The zero-order valence-corrected chi connectivity index (χ0v) is 17.1. The van der Waals surface area contributed by atoms with Crippen molar-refractivity contribution in [3.8, 4) is 23.0 Å². The number of methoxy groups -OCH3 is 1. The van der Waals surface area contributed by atoms with Crippen LogP contribution >= 0.6 is 0 Å². The Kier molecular flexibility index (Phi) is 5.12. The van der Waals surface area contributed by atoms with Gasteiger partial charge in [0.25, 0.3) is 5.69 Å². The second kappa shape index (κ2) is 7.91. The molecule has 0 radical (unpaired) electrons. The molecule has 4 aromatic rings. The van der Waals surface area contributed by atoms with E-state index in [1.807, 2.05) is 44.2 Å². The number of non-ortho nitro benzene ring substituents is 1. The lowest BCUT2D eigenvalue weighted by molar-refractivity contribution is -0.385. The summed E-state index contributed by atoms with van der Waals surface area (Å²) in [4.78, 5) is 19.4. The Hall–Kier alpha value is -4.20. The molecule has 0 amide bonds. The molecular weight excluding hydrogens is 398 g/mol. The fourth-order valence-corrected chi connectivity index (χ4v) is 3.19. The number of hydrogen-bond donors (Lipinski definition) is 0. The van der Waals surface area contributed by atoms with Gasteiger partial charge in [-0.3, -0.25) is 15.1 Å². The molecule has 0 spiro atoms. The molecule has 0 saturated carbocycles. The Morgan fingerprint density at radius 3 is 2.65 bits per heavy atom. The largest absolute Gasteiger partial charge is 0.870 e. The number of ether oxygens (including phenoxy) is 1. The Morgan fingerprint density at radius 2 is 1.94 bits per heavy atom. The average molecular weight is 416 g/mol. The SMILES string of the molecule is COc1cc([N+](=O)[O-])cc(C=Nc2ccc(-c3nc4cc(C)ccc4o3)cc2C)c1[O-]. The third-order valence-corrected chi connectivity index (χ3v) is 4.83. The topological polar surface area (TPSA) is 114 Å². The van der Waals surface area contributed by atoms with Gasteiger partial charge in [-0.25, -0.2) is 4.98 Å². The van der Waals surface area contributed by atoms with Crippen molar-refractivity contribution in [3.05, 3.63) is 75.3 Å². The smallest absolute Gasteiger partial charge is 0.273 e. The summed E-state index contributed by atoms with van der Waals surface area (Å²) in [6.45, 7) is 3.87. The second-order valence-electron chi connectivity index (χ2n) is 7.07. The lowest BCUT2D eigenvalue weighted by atomic mass is 10.1. The summed E-state index contributed by atoms with van der Waals surface area (Å²) in [6, 6.07) is 13.6. The van der Waals surface area contributed by atoms with E-state index < -0.39 is 10.7 Å². The molecule has 0 fully saturated rings. The van der Waals surface area contributed by atoms with Gasteiger partial charge in [0.05, 0.1) is 23.8 Å². The van der Waals surface area contributed by atoms with Gasteiger partial charge in [-0.05, 0) is 60.9 Å². The molecule has 4 rings (SSSR count). The number of aliphatic imine (C=N–C) groups is 1. The summed E-state index contributed by atoms with van der Waals surface area (Å²) >= 11 is 0. The average Bonchev–Trinajstić information content (AvgIpc) is 3.16. The lowest BCUT2D eigenvalue weighted by Gasteiger charge is -2.15. The van der Waals surface area contributed by atoms with E-state index in [0.717, 1.165) is 28.3 Å². The van der Waals surface area contributed by atoms with Gasteiger partial charge in [0, 0.05) is 17.8 Å². The third-order valence-electron chi connectivity index (χ3n) is 4.83. The summed E-state index contributed by atoms with van der Waals surface area (Å²) in [5.41, 5.74) is 4.67. The summed E-state index contributed by atoms with van der Waals surface area (Å²) < 4.78 is 10.8. The van der Waals surface area contributed by atoms with Gasteiger partial charge < -0.3 is 14.3 Å². The number of hydrogen-bond acceptors (Lipinski definition) is 7. The number of oxazole rings is 1.